The zero-order valence-electron chi connectivity index (χ0n) is 26.4. The third kappa shape index (κ3) is 11.5. The van der Waals surface area contributed by atoms with Crippen LogP contribution in [0.25, 0.3) is 10.8 Å². The van der Waals surface area contributed by atoms with Crippen LogP contribution in [0.3, 0.4) is 0 Å². The fourth-order valence-electron chi connectivity index (χ4n) is 5.57. The van der Waals surface area contributed by atoms with E-state index in [1.807, 2.05) is 18.2 Å². The molecule has 0 aliphatic carbocycles. The number of unbranched alkanes of at least 4 members (excludes halogenated alkanes) is 10. The molecule has 0 bridgehead atoms. The molecule has 0 aliphatic heterocycles. The van der Waals surface area contributed by atoms with Crippen molar-refractivity contribution in [1.82, 2.24) is 14.9 Å². The molecule has 0 fully saturated rings. The Kier molecular flexibility index (Phi) is 14.8. The smallest absolute Gasteiger partial charge is 0.341 e. The fourth-order valence-corrected chi connectivity index (χ4v) is 5.57. The summed E-state index contributed by atoms with van der Waals surface area (Å²) in [5, 5.41) is 9.73. The molecule has 3 amide bonds. The fraction of sp³-hybridized carbons (Fsp3) is 0.543. The van der Waals surface area contributed by atoms with Gasteiger partial charge in [-0.05, 0) is 48.4 Å². The van der Waals surface area contributed by atoms with Crippen LogP contribution in [0.5, 0.6) is 0 Å². The number of nitrogens with zero attached hydrogens (tertiary/aromatic N) is 2. The quantitative estimate of drug-likeness (QED) is 0.122. The van der Waals surface area contributed by atoms with Crippen LogP contribution < -0.4 is 21.6 Å². The van der Waals surface area contributed by atoms with Gasteiger partial charge in [-0.15, -0.1) is 0 Å². The van der Waals surface area contributed by atoms with Gasteiger partial charge >= 0.3 is 11.7 Å². The predicted octanol–water partition coefficient (Wildman–Crippen LogP) is 8.52. The second-order valence-corrected chi connectivity index (χ2v) is 11.6. The zero-order valence-corrected chi connectivity index (χ0v) is 26.4. The number of carbonyl (C=O) groups excluding carboxylic acids is 2. The van der Waals surface area contributed by atoms with E-state index in [9.17, 15) is 14.4 Å². The maximum absolute atomic E-state index is 13.1. The number of urea groups is 1. The Morgan fingerprint density at radius 3 is 2.09 bits per heavy atom. The monoisotopic (exact) mass is 589 g/mol. The Hall–Kier alpha value is -3.68. The largest absolute Gasteiger partial charge is 0.349 e. The number of benzene rings is 2. The molecule has 2 aromatic carbocycles. The molecule has 43 heavy (non-hydrogen) atoms. The van der Waals surface area contributed by atoms with E-state index in [2.05, 4.69) is 34.8 Å². The van der Waals surface area contributed by atoms with Crippen molar-refractivity contribution in [2.45, 2.75) is 110 Å². The minimum absolute atomic E-state index is 0.228. The van der Waals surface area contributed by atoms with Crippen molar-refractivity contribution in [2.24, 2.45) is 5.92 Å². The van der Waals surface area contributed by atoms with E-state index in [1.54, 1.807) is 42.1 Å². The molecule has 0 saturated carbocycles. The molecule has 0 radical (unpaired) electrons. The first-order valence-corrected chi connectivity index (χ1v) is 16.4. The number of aromatic nitrogens is 2. The van der Waals surface area contributed by atoms with Gasteiger partial charge in [0.15, 0.2) is 0 Å². The number of rotatable bonds is 19. The van der Waals surface area contributed by atoms with Crippen LogP contribution in [0, 0.1) is 5.92 Å². The number of anilines is 2. The van der Waals surface area contributed by atoms with Gasteiger partial charge in [-0.25, -0.2) is 9.59 Å². The van der Waals surface area contributed by atoms with Gasteiger partial charge in [0.1, 0.15) is 5.82 Å². The Balaban J connectivity index is 1.63. The van der Waals surface area contributed by atoms with Crippen molar-refractivity contribution in [3.63, 3.8) is 0 Å². The highest BCUT2D eigenvalue weighted by atomic mass is 16.2. The maximum Gasteiger partial charge on any atom is 0.349 e. The lowest BCUT2D eigenvalue weighted by atomic mass is 9.94. The predicted molar refractivity (Wildman–Crippen MR) is 178 cm³/mol. The molecule has 0 aliphatic rings. The summed E-state index contributed by atoms with van der Waals surface area (Å²) in [5.74, 6) is 0.309. The summed E-state index contributed by atoms with van der Waals surface area (Å²) in [6, 6.07) is 12.2. The summed E-state index contributed by atoms with van der Waals surface area (Å²) in [4.78, 5) is 42.1. The average Bonchev–Trinajstić information content (AvgIpc) is 3.01. The van der Waals surface area contributed by atoms with Crippen molar-refractivity contribution in [1.29, 1.82) is 0 Å². The lowest BCUT2D eigenvalue weighted by molar-refractivity contribution is 0.102. The normalized spacial score (nSPS) is 11.8. The number of hydrogen-bond donors (Lipinski definition) is 3. The molecule has 1 atom stereocenters. The molecular weight excluding hydrogens is 538 g/mol. The summed E-state index contributed by atoms with van der Waals surface area (Å²) >= 11 is 0. The molecule has 1 unspecified atom stereocenters. The molecule has 3 N–H and O–H groups in total. The Labute approximate surface area is 257 Å². The first kappa shape index (κ1) is 33.8. The van der Waals surface area contributed by atoms with Crippen LogP contribution in [-0.2, 0) is 6.54 Å². The Morgan fingerprint density at radius 1 is 0.814 bits per heavy atom. The minimum atomic E-state index is -0.370. The van der Waals surface area contributed by atoms with Crippen molar-refractivity contribution >= 4 is 34.2 Å². The van der Waals surface area contributed by atoms with Crippen LogP contribution in [0.1, 0.15) is 114 Å². The van der Waals surface area contributed by atoms with Crippen molar-refractivity contribution in [3.8, 4) is 0 Å². The molecule has 0 spiro atoms. The minimum Gasteiger partial charge on any atom is -0.341 e. The molecule has 1 aromatic heterocycles. The van der Waals surface area contributed by atoms with E-state index in [-0.39, 0.29) is 23.4 Å². The van der Waals surface area contributed by atoms with E-state index >= 15 is 0 Å². The van der Waals surface area contributed by atoms with Gasteiger partial charge in [0.05, 0.1) is 5.69 Å². The van der Waals surface area contributed by atoms with Crippen LogP contribution in [0.4, 0.5) is 16.3 Å². The van der Waals surface area contributed by atoms with Gasteiger partial charge < -0.3 is 16.0 Å². The summed E-state index contributed by atoms with van der Waals surface area (Å²) in [6.45, 7) is 5.15. The van der Waals surface area contributed by atoms with Crippen LogP contribution >= 0.6 is 0 Å². The first-order chi connectivity index (χ1) is 20.9. The lowest BCUT2D eigenvalue weighted by Crippen LogP contribution is -2.27. The molecule has 8 nitrogen and oxygen atoms in total. The third-order valence-corrected chi connectivity index (χ3v) is 8.12. The standard InChI is InChI=1S/C35H51N5O3/c1-4-6-8-10-11-13-15-18-27(17-14-12-9-7-5-2)26-40-24-23-32(39-35(40)43)38-33(41)29-22-21-28-19-16-20-31(30(28)25-29)37-34(42)36-3/h16,19-25,27H,4-15,17-18,26H2,1-3H3,(H2,36,37,42)(H,38,39,41,43). The maximum atomic E-state index is 13.1. The Bertz CT molecular complexity index is 1350. The van der Waals surface area contributed by atoms with Crippen LogP contribution in [0.15, 0.2) is 53.5 Å². The van der Waals surface area contributed by atoms with Gasteiger partial charge in [-0.2, -0.15) is 4.98 Å². The number of nitrogens with one attached hydrogen (secondary N) is 3. The zero-order chi connectivity index (χ0) is 30.9. The lowest BCUT2D eigenvalue weighted by Gasteiger charge is -2.18. The molecule has 0 saturated heterocycles. The molecule has 3 rings (SSSR count). The van der Waals surface area contributed by atoms with E-state index in [0.29, 0.717) is 23.7 Å². The number of fused-ring (bicyclic) bond motifs is 1. The summed E-state index contributed by atoms with van der Waals surface area (Å²) < 4.78 is 1.69. The van der Waals surface area contributed by atoms with Gasteiger partial charge in [0.2, 0.25) is 0 Å². The van der Waals surface area contributed by atoms with Gasteiger partial charge in [0, 0.05) is 30.7 Å². The highest BCUT2D eigenvalue weighted by Gasteiger charge is 2.14. The van der Waals surface area contributed by atoms with Gasteiger partial charge in [0.25, 0.3) is 5.91 Å². The molecule has 8 heteroatoms. The molecule has 234 valence electrons. The third-order valence-electron chi connectivity index (χ3n) is 8.12. The highest BCUT2D eigenvalue weighted by molar-refractivity contribution is 6.09. The van der Waals surface area contributed by atoms with Crippen molar-refractivity contribution in [3.05, 3.63) is 64.7 Å². The second kappa shape index (κ2) is 18.8. The summed E-state index contributed by atoms with van der Waals surface area (Å²) in [6.07, 6.45) is 19.3. The second-order valence-electron chi connectivity index (χ2n) is 11.6. The van der Waals surface area contributed by atoms with Gasteiger partial charge in [-0.1, -0.05) is 109 Å². The van der Waals surface area contributed by atoms with E-state index in [0.717, 1.165) is 23.6 Å². The topological polar surface area (TPSA) is 105 Å². The molecular formula is C35H51N5O3. The van der Waals surface area contributed by atoms with E-state index in [4.69, 9.17) is 0 Å². The Morgan fingerprint density at radius 2 is 1.47 bits per heavy atom. The van der Waals surface area contributed by atoms with E-state index in [1.165, 1.54) is 77.0 Å². The number of carbonyl (C=O) groups is 2. The van der Waals surface area contributed by atoms with Crippen LogP contribution in [-0.4, -0.2) is 28.5 Å². The number of hydrogen-bond acceptors (Lipinski definition) is 4. The molecule has 3 aromatic rings. The summed E-state index contributed by atoms with van der Waals surface area (Å²) in [7, 11) is 1.55. The first-order valence-electron chi connectivity index (χ1n) is 16.4. The van der Waals surface area contributed by atoms with Crippen molar-refractivity contribution < 1.29 is 9.59 Å². The van der Waals surface area contributed by atoms with Gasteiger partial charge in [-0.3, -0.25) is 9.36 Å². The van der Waals surface area contributed by atoms with Crippen LogP contribution in [0.2, 0.25) is 0 Å². The average molecular weight is 590 g/mol. The van der Waals surface area contributed by atoms with Crippen molar-refractivity contribution in [2.75, 3.05) is 17.7 Å². The highest BCUT2D eigenvalue weighted by Crippen LogP contribution is 2.25. The number of amides is 3. The van der Waals surface area contributed by atoms with E-state index < -0.39 is 0 Å². The molecule has 1 heterocycles. The SMILES string of the molecule is CCCCCCCCCC(CCCCCCC)Cn1ccc(NC(=O)c2ccc3cccc(NC(=O)NC)c3c2)nc1=O. The summed E-state index contributed by atoms with van der Waals surface area (Å²) in [5.41, 5.74) is 0.662.